The van der Waals surface area contributed by atoms with Crippen LogP contribution < -0.4 is 10.8 Å². The number of nitrogens with one attached hydrogen (secondary N) is 1. The van der Waals surface area contributed by atoms with Crippen LogP contribution in [0.4, 0.5) is 9.59 Å². The van der Waals surface area contributed by atoms with Crippen molar-refractivity contribution in [2.75, 3.05) is 6.54 Å². The summed E-state index contributed by atoms with van der Waals surface area (Å²) in [6, 6.07) is 16.1. The van der Waals surface area contributed by atoms with Crippen LogP contribution >= 0.6 is 11.6 Å². The molecule has 46 heavy (non-hydrogen) atoms. The van der Waals surface area contributed by atoms with Gasteiger partial charge in [0.2, 0.25) is 0 Å². The van der Waals surface area contributed by atoms with Crippen molar-refractivity contribution in [1.29, 1.82) is 0 Å². The van der Waals surface area contributed by atoms with Gasteiger partial charge >= 0.3 is 19.3 Å². The highest BCUT2D eigenvalue weighted by Gasteiger charge is 2.52. The Bertz CT molecular complexity index is 1350. The molecule has 10 heteroatoms. The monoisotopic (exact) mass is 654 g/mol. The second-order valence-electron chi connectivity index (χ2n) is 15.6. The SMILES string of the molecule is CC(C)(C)OC(=O)NC1CCC(N(CC(c2ccccc2)c2ccc(Cl)c(B3OC(C)(C)C(C)(C)O3)c2)C(=O)OC(C)(C)C)CC1. The molecule has 1 unspecified atom stereocenters. The summed E-state index contributed by atoms with van der Waals surface area (Å²) >= 11 is 6.77. The molecule has 0 spiro atoms. The Hall–Kier alpha value is -2.75. The normalized spacial score (nSPS) is 21.8. The molecule has 8 nitrogen and oxygen atoms in total. The zero-order valence-electron chi connectivity index (χ0n) is 29.2. The second kappa shape index (κ2) is 13.8. The van der Waals surface area contributed by atoms with Crippen molar-refractivity contribution in [2.45, 2.75) is 135 Å². The fourth-order valence-electron chi connectivity index (χ4n) is 5.91. The van der Waals surface area contributed by atoms with Gasteiger partial charge in [-0.25, -0.2) is 9.59 Å². The molecule has 1 atom stereocenters. The van der Waals surface area contributed by atoms with Gasteiger partial charge in [-0.1, -0.05) is 54.1 Å². The van der Waals surface area contributed by atoms with Crippen LogP contribution in [0.1, 0.15) is 112 Å². The van der Waals surface area contributed by atoms with E-state index in [-0.39, 0.29) is 24.1 Å². The van der Waals surface area contributed by atoms with E-state index in [0.717, 1.165) is 42.3 Å². The van der Waals surface area contributed by atoms with Crippen LogP contribution in [-0.2, 0) is 18.8 Å². The number of nitrogens with zero attached hydrogens (tertiary/aromatic N) is 1. The molecule has 2 amide bonds. The average molecular weight is 655 g/mol. The van der Waals surface area contributed by atoms with Crippen molar-refractivity contribution >= 4 is 36.4 Å². The second-order valence-corrected chi connectivity index (χ2v) is 16.0. The van der Waals surface area contributed by atoms with Crippen LogP contribution in [0.25, 0.3) is 0 Å². The van der Waals surface area contributed by atoms with Gasteiger partial charge in [-0.3, -0.25) is 0 Å². The van der Waals surface area contributed by atoms with E-state index in [2.05, 4.69) is 23.5 Å². The lowest BCUT2D eigenvalue weighted by Gasteiger charge is -2.39. The van der Waals surface area contributed by atoms with Gasteiger partial charge in [0.05, 0.1) is 11.2 Å². The number of rotatable bonds is 7. The van der Waals surface area contributed by atoms with Crippen molar-refractivity contribution in [2.24, 2.45) is 0 Å². The fourth-order valence-corrected chi connectivity index (χ4v) is 6.12. The van der Waals surface area contributed by atoms with E-state index in [1.165, 1.54) is 0 Å². The summed E-state index contributed by atoms with van der Waals surface area (Å²) in [5.41, 5.74) is 0.577. The Labute approximate surface area is 281 Å². The number of halogens is 1. The minimum atomic E-state index is -0.656. The lowest BCUT2D eigenvalue weighted by atomic mass is 9.76. The van der Waals surface area contributed by atoms with Crippen LogP contribution in [0.2, 0.25) is 5.02 Å². The van der Waals surface area contributed by atoms with Gasteiger partial charge in [0, 0.05) is 35.0 Å². The molecule has 1 N–H and O–H groups in total. The molecule has 1 aliphatic heterocycles. The molecule has 1 heterocycles. The first-order valence-electron chi connectivity index (χ1n) is 16.4. The number of carbonyl (C=O) groups is 2. The van der Waals surface area contributed by atoms with Gasteiger partial charge in [0.1, 0.15) is 11.2 Å². The summed E-state index contributed by atoms with van der Waals surface area (Å²) in [7, 11) is -0.622. The molecule has 0 bridgehead atoms. The predicted molar refractivity (Wildman–Crippen MR) is 184 cm³/mol. The molecule has 2 aliphatic rings. The molecule has 0 radical (unpaired) electrons. The van der Waals surface area contributed by atoms with Crippen molar-refractivity contribution in [3.8, 4) is 0 Å². The number of ether oxygens (including phenoxy) is 2. The summed E-state index contributed by atoms with van der Waals surface area (Å²) in [5, 5.41) is 3.58. The number of amides is 2. The number of hydrogen-bond acceptors (Lipinski definition) is 6. The largest absolute Gasteiger partial charge is 0.496 e. The van der Waals surface area contributed by atoms with Crippen molar-refractivity contribution in [3.05, 3.63) is 64.7 Å². The maximum absolute atomic E-state index is 13.9. The van der Waals surface area contributed by atoms with Crippen LogP contribution in [0.15, 0.2) is 48.5 Å². The van der Waals surface area contributed by atoms with E-state index in [4.69, 9.17) is 30.4 Å². The van der Waals surface area contributed by atoms with Crippen molar-refractivity contribution in [3.63, 3.8) is 0 Å². The third-order valence-electron chi connectivity index (χ3n) is 9.00. The Kier molecular flexibility index (Phi) is 10.8. The van der Waals surface area contributed by atoms with Gasteiger partial charge in [-0.2, -0.15) is 0 Å². The third-order valence-corrected chi connectivity index (χ3v) is 9.34. The van der Waals surface area contributed by atoms with Crippen LogP contribution in [0.5, 0.6) is 0 Å². The maximum atomic E-state index is 13.9. The van der Waals surface area contributed by atoms with E-state index in [9.17, 15) is 9.59 Å². The first kappa shape index (κ1) is 36.1. The molecule has 2 aromatic rings. The fraction of sp³-hybridized carbons (Fsp3) is 0.611. The molecule has 0 aromatic heterocycles. The quantitative estimate of drug-likeness (QED) is 0.306. The molecule has 4 rings (SSSR count). The molecule has 1 saturated heterocycles. The van der Waals surface area contributed by atoms with E-state index in [1.807, 2.05) is 104 Å². The standard InChI is InChI=1S/C36H52BClN2O6/c1-33(2,3)43-31(41)39-26-17-19-27(20-18-26)40(32(42)44-34(4,5)6)23-28(24-14-12-11-13-15-24)25-16-21-30(38)29(22-25)37-45-35(7,8)36(9,10)46-37/h11-16,21-22,26-28H,17-20,23H2,1-10H3,(H,39,41). The minimum absolute atomic E-state index is 0.0183. The highest BCUT2D eigenvalue weighted by atomic mass is 35.5. The van der Waals surface area contributed by atoms with Gasteiger partial charge in [0.15, 0.2) is 0 Å². The van der Waals surface area contributed by atoms with Gasteiger partial charge in [-0.15, -0.1) is 0 Å². The number of hydrogen-bond donors (Lipinski definition) is 1. The summed E-state index contributed by atoms with van der Waals surface area (Å²) in [4.78, 5) is 28.2. The molecule has 2 fully saturated rings. The smallest absolute Gasteiger partial charge is 0.444 e. The molecule has 1 aliphatic carbocycles. The Morgan fingerprint density at radius 3 is 2.00 bits per heavy atom. The predicted octanol–water partition coefficient (Wildman–Crippen LogP) is 7.84. The zero-order chi connectivity index (χ0) is 34.1. The zero-order valence-corrected chi connectivity index (χ0v) is 30.0. The highest BCUT2D eigenvalue weighted by molar-refractivity contribution is 6.65. The average Bonchev–Trinajstić information content (AvgIpc) is 3.15. The van der Waals surface area contributed by atoms with Crippen molar-refractivity contribution < 1.29 is 28.4 Å². The Morgan fingerprint density at radius 1 is 0.891 bits per heavy atom. The Balaban J connectivity index is 1.63. The lowest BCUT2D eigenvalue weighted by molar-refractivity contribution is 0.00578. The summed E-state index contributed by atoms with van der Waals surface area (Å²) in [6.45, 7) is 19.7. The molecule has 252 valence electrons. The summed E-state index contributed by atoms with van der Waals surface area (Å²) < 4.78 is 24.2. The maximum Gasteiger partial charge on any atom is 0.496 e. The highest BCUT2D eigenvalue weighted by Crippen LogP contribution is 2.38. The number of alkyl carbamates (subject to hydrolysis) is 1. The number of carbonyl (C=O) groups excluding carboxylic acids is 2. The van der Waals surface area contributed by atoms with E-state index >= 15 is 0 Å². The first-order chi connectivity index (χ1) is 21.2. The summed E-state index contributed by atoms with van der Waals surface area (Å²) in [5.74, 6) is -0.176. The van der Waals surface area contributed by atoms with E-state index in [0.29, 0.717) is 11.6 Å². The molecule has 1 saturated carbocycles. The molecular formula is C36H52BClN2O6. The van der Waals surface area contributed by atoms with Crippen LogP contribution in [0.3, 0.4) is 0 Å². The van der Waals surface area contributed by atoms with Crippen molar-refractivity contribution in [1.82, 2.24) is 10.2 Å². The first-order valence-corrected chi connectivity index (χ1v) is 16.8. The lowest BCUT2D eigenvalue weighted by Crippen LogP contribution is -2.49. The van der Waals surface area contributed by atoms with Gasteiger partial charge < -0.3 is 29.0 Å². The molecular weight excluding hydrogens is 603 g/mol. The van der Waals surface area contributed by atoms with E-state index < -0.39 is 35.6 Å². The van der Waals surface area contributed by atoms with Crippen LogP contribution in [0, 0.1) is 0 Å². The number of benzene rings is 2. The topological polar surface area (TPSA) is 86.3 Å². The Morgan fingerprint density at radius 2 is 1.46 bits per heavy atom. The summed E-state index contributed by atoms with van der Waals surface area (Å²) in [6.07, 6.45) is 2.14. The minimum Gasteiger partial charge on any atom is -0.444 e. The third kappa shape index (κ3) is 9.20. The van der Waals surface area contributed by atoms with Gasteiger partial charge in [-0.05, 0) is 112 Å². The van der Waals surface area contributed by atoms with Gasteiger partial charge in [0.25, 0.3) is 0 Å². The van der Waals surface area contributed by atoms with Crippen LogP contribution in [-0.4, -0.2) is 65.2 Å². The molecule has 2 aromatic carbocycles. The van der Waals surface area contributed by atoms with E-state index in [1.54, 1.807) is 0 Å².